The normalized spacial score (nSPS) is 11.1. The first-order chi connectivity index (χ1) is 9.90. The van der Waals surface area contributed by atoms with Crippen molar-refractivity contribution in [3.63, 3.8) is 0 Å². The first-order valence-electron chi connectivity index (χ1n) is 6.97. The minimum Gasteiger partial charge on any atom is -0.344 e. The molecule has 0 fully saturated rings. The summed E-state index contributed by atoms with van der Waals surface area (Å²) < 4.78 is 0. The van der Waals surface area contributed by atoms with E-state index in [-0.39, 0.29) is 5.56 Å². The second-order valence-corrected chi connectivity index (χ2v) is 5.88. The lowest BCUT2D eigenvalue weighted by Gasteiger charge is -2.33. The van der Waals surface area contributed by atoms with Crippen molar-refractivity contribution >= 4 is 33.9 Å². The number of nitrogens with one attached hydrogen (secondary N) is 2. The Hall–Kier alpha value is -1.95. The highest BCUT2D eigenvalue weighted by atomic mass is 32.1. The Morgan fingerprint density at radius 1 is 1.29 bits per heavy atom. The predicted octanol–water partition coefficient (Wildman–Crippen LogP) is 2.74. The number of thiocarbonyl (C=S) groups is 1. The van der Waals surface area contributed by atoms with Crippen molar-refractivity contribution < 1.29 is 0 Å². The third-order valence-electron chi connectivity index (χ3n) is 3.24. The number of hydrogen-bond acceptors (Lipinski definition) is 3. The second-order valence-electron chi connectivity index (χ2n) is 5.49. The van der Waals surface area contributed by atoms with E-state index in [1.54, 1.807) is 6.07 Å². The average molecular weight is 304 g/mol. The molecule has 0 radical (unpaired) electrons. The summed E-state index contributed by atoms with van der Waals surface area (Å²) in [4.78, 5) is 20.6. The molecule has 21 heavy (non-hydrogen) atoms. The van der Waals surface area contributed by atoms with Gasteiger partial charge in [-0.15, -0.1) is 0 Å². The highest BCUT2D eigenvalue weighted by molar-refractivity contribution is 7.80. The van der Waals surface area contributed by atoms with Crippen molar-refractivity contribution in [3.05, 3.63) is 34.9 Å². The van der Waals surface area contributed by atoms with Gasteiger partial charge in [-0.1, -0.05) is 0 Å². The van der Waals surface area contributed by atoms with Crippen LogP contribution in [0, 0.1) is 0 Å². The zero-order valence-electron chi connectivity index (χ0n) is 12.7. The summed E-state index contributed by atoms with van der Waals surface area (Å²) in [7, 11) is 0. The van der Waals surface area contributed by atoms with Crippen LogP contribution < -0.4 is 10.9 Å². The van der Waals surface area contributed by atoms with Crippen molar-refractivity contribution in [2.24, 2.45) is 0 Å². The smallest absolute Gasteiger partial charge is 0.258 e. The summed E-state index contributed by atoms with van der Waals surface area (Å²) in [5.74, 6) is 0. The van der Waals surface area contributed by atoms with E-state index in [1.807, 2.05) is 12.1 Å². The molecule has 112 valence electrons. The van der Waals surface area contributed by atoms with Crippen LogP contribution in [0.15, 0.2) is 29.3 Å². The van der Waals surface area contributed by atoms with E-state index >= 15 is 0 Å². The third-order valence-corrected chi connectivity index (χ3v) is 3.55. The molecule has 1 aromatic carbocycles. The molecule has 0 aliphatic carbocycles. The van der Waals surface area contributed by atoms with Crippen molar-refractivity contribution in [3.8, 4) is 0 Å². The van der Waals surface area contributed by atoms with E-state index in [9.17, 15) is 4.79 Å². The molecule has 6 heteroatoms. The number of aromatic nitrogens is 2. The number of fused-ring (bicyclic) bond motifs is 1. The Labute approximate surface area is 129 Å². The highest BCUT2D eigenvalue weighted by Crippen LogP contribution is 2.16. The van der Waals surface area contributed by atoms with Gasteiger partial charge in [0.15, 0.2) is 5.11 Å². The number of aromatic amines is 1. The molecule has 0 unspecified atom stereocenters. The maximum atomic E-state index is 11.8. The van der Waals surface area contributed by atoms with Gasteiger partial charge in [0.2, 0.25) is 0 Å². The van der Waals surface area contributed by atoms with E-state index in [0.717, 1.165) is 5.69 Å². The standard InChI is InChI=1S/C15H20N4OS/c1-9(2)19(10(3)4)15(21)18-11-5-6-13-12(7-11)14(20)17-8-16-13/h5-10H,1-4H3,(H,18,21)(H,16,17,20). The van der Waals surface area contributed by atoms with E-state index in [4.69, 9.17) is 12.2 Å². The second kappa shape index (κ2) is 6.22. The van der Waals surface area contributed by atoms with Crippen LogP contribution in [-0.2, 0) is 0 Å². The molecule has 0 saturated heterocycles. The minimum atomic E-state index is -0.154. The van der Waals surface area contributed by atoms with Crippen LogP contribution in [0.25, 0.3) is 10.9 Å². The number of benzene rings is 1. The fourth-order valence-electron chi connectivity index (χ4n) is 2.40. The zero-order chi connectivity index (χ0) is 15.6. The summed E-state index contributed by atoms with van der Waals surface area (Å²) in [6, 6.07) is 6.06. The van der Waals surface area contributed by atoms with Crippen molar-refractivity contribution in [1.82, 2.24) is 14.9 Å². The molecular weight excluding hydrogens is 284 g/mol. The van der Waals surface area contributed by atoms with Crippen LogP contribution in [-0.4, -0.2) is 32.1 Å². The SMILES string of the molecule is CC(C)N(C(=S)Nc1ccc2nc[nH]c(=O)c2c1)C(C)C. The highest BCUT2D eigenvalue weighted by Gasteiger charge is 2.17. The van der Waals surface area contributed by atoms with E-state index < -0.39 is 0 Å². The molecule has 0 aliphatic heterocycles. The summed E-state index contributed by atoms with van der Waals surface area (Å²) >= 11 is 5.48. The Bertz CT molecular complexity index is 700. The van der Waals surface area contributed by atoms with E-state index in [1.165, 1.54) is 6.33 Å². The minimum absolute atomic E-state index is 0.154. The van der Waals surface area contributed by atoms with E-state index in [0.29, 0.717) is 28.1 Å². The van der Waals surface area contributed by atoms with Crippen molar-refractivity contribution in [2.45, 2.75) is 39.8 Å². The molecule has 0 saturated carbocycles. The average Bonchev–Trinajstić information content (AvgIpc) is 2.38. The summed E-state index contributed by atoms with van der Waals surface area (Å²) in [5.41, 5.74) is 1.30. The summed E-state index contributed by atoms with van der Waals surface area (Å²) in [5, 5.41) is 4.40. The van der Waals surface area contributed by atoms with Gasteiger partial charge >= 0.3 is 0 Å². The lowest BCUT2D eigenvalue weighted by Crippen LogP contribution is -2.44. The molecular formula is C15H20N4OS. The van der Waals surface area contributed by atoms with Crippen molar-refractivity contribution in [2.75, 3.05) is 5.32 Å². The molecule has 2 aromatic rings. The molecule has 0 spiro atoms. The summed E-state index contributed by atoms with van der Waals surface area (Å²) in [6.45, 7) is 8.40. The van der Waals surface area contributed by atoms with Crippen LogP contribution >= 0.6 is 12.2 Å². The van der Waals surface area contributed by atoms with Crippen LogP contribution in [0.1, 0.15) is 27.7 Å². The van der Waals surface area contributed by atoms with Gasteiger partial charge in [0.25, 0.3) is 5.56 Å². The molecule has 5 nitrogen and oxygen atoms in total. The first-order valence-corrected chi connectivity index (χ1v) is 7.37. The molecule has 0 bridgehead atoms. The lowest BCUT2D eigenvalue weighted by atomic mass is 10.2. The Kier molecular flexibility index (Phi) is 4.57. The van der Waals surface area contributed by atoms with E-state index in [2.05, 4.69) is 47.9 Å². The molecule has 2 N–H and O–H groups in total. The number of rotatable bonds is 3. The molecule has 1 heterocycles. The maximum Gasteiger partial charge on any atom is 0.258 e. The molecule has 0 amide bonds. The van der Waals surface area contributed by atoms with Crippen LogP contribution in [0.2, 0.25) is 0 Å². The Morgan fingerprint density at radius 2 is 1.95 bits per heavy atom. The number of nitrogens with zero attached hydrogens (tertiary/aromatic N) is 2. The molecule has 1 aromatic heterocycles. The zero-order valence-corrected chi connectivity index (χ0v) is 13.5. The Balaban J connectivity index is 2.29. The summed E-state index contributed by atoms with van der Waals surface area (Å²) in [6.07, 6.45) is 1.40. The lowest BCUT2D eigenvalue weighted by molar-refractivity contribution is 0.296. The Morgan fingerprint density at radius 3 is 2.57 bits per heavy atom. The van der Waals surface area contributed by atoms with Crippen LogP contribution in [0.5, 0.6) is 0 Å². The van der Waals surface area contributed by atoms with Gasteiger partial charge in [-0.3, -0.25) is 4.79 Å². The number of anilines is 1. The predicted molar refractivity (Wildman–Crippen MR) is 90.7 cm³/mol. The molecule has 2 rings (SSSR count). The van der Waals surface area contributed by atoms with Crippen molar-refractivity contribution in [1.29, 1.82) is 0 Å². The van der Waals surface area contributed by atoms with Gasteiger partial charge in [-0.2, -0.15) is 0 Å². The topological polar surface area (TPSA) is 61.0 Å². The van der Waals surface area contributed by atoms with Gasteiger partial charge in [-0.25, -0.2) is 4.98 Å². The molecule has 0 aliphatic rings. The largest absolute Gasteiger partial charge is 0.344 e. The van der Waals surface area contributed by atoms with Crippen LogP contribution in [0.3, 0.4) is 0 Å². The van der Waals surface area contributed by atoms with Gasteiger partial charge in [-0.05, 0) is 58.1 Å². The maximum absolute atomic E-state index is 11.8. The van der Waals surface area contributed by atoms with Crippen LogP contribution in [0.4, 0.5) is 5.69 Å². The monoisotopic (exact) mass is 304 g/mol. The van der Waals surface area contributed by atoms with Gasteiger partial charge < -0.3 is 15.2 Å². The fraction of sp³-hybridized carbons (Fsp3) is 0.400. The third kappa shape index (κ3) is 3.39. The molecule has 0 atom stereocenters. The van der Waals surface area contributed by atoms with Gasteiger partial charge in [0, 0.05) is 17.8 Å². The number of H-pyrrole nitrogens is 1. The quantitative estimate of drug-likeness (QED) is 0.854. The van der Waals surface area contributed by atoms with Gasteiger partial charge in [0.1, 0.15) is 0 Å². The fourth-order valence-corrected chi connectivity index (χ4v) is 2.94. The number of hydrogen-bond donors (Lipinski definition) is 2. The van der Waals surface area contributed by atoms with Gasteiger partial charge in [0.05, 0.1) is 17.2 Å². The first kappa shape index (κ1) is 15.4.